The summed E-state index contributed by atoms with van der Waals surface area (Å²) in [6.45, 7) is 2.66. The van der Waals surface area contributed by atoms with Crippen LogP contribution < -0.4 is 10.5 Å². The molecule has 1 fully saturated rings. The maximum atomic E-state index is 11.1. The lowest BCUT2D eigenvalue weighted by molar-refractivity contribution is 0.0696. The molecule has 2 rings (SSSR count). The Kier molecular flexibility index (Phi) is 4.39. The van der Waals surface area contributed by atoms with Crippen LogP contribution in [0.2, 0.25) is 0 Å². The van der Waals surface area contributed by atoms with Gasteiger partial charge in [0.1, 0.15) is 5.75 Å². The Hall–Kier alpha value is -1.59. The van der Waals surface area contributed by atoms with E-state index in [1.807, 2.05) is 6.07 Å². The summed E-state index contributed by atoms with van der Waals surface area (Å²) in [5, 5.41) is 9.08. The van der Waals surface area contributed by atoms with Gasteiger partial charge in [-0.25, -0.2) is 4.79 Å². The van der Waals surface area contributed by atoms with Crippen molar-refractivity contribution in [2.45, 2.75) is 25.4 Å². The normalized spacial score (nSPS) is 17.4. The predicted octanol–water partition coefficient (Wildman–Crippen LogP) is 1.32. The van der Waals surface area contributed by atoms with Crippen molar-refractivity contribution in [3.63, 3.8) is 0 Å². The molecule has 5 nitrogen and oxygen atoms in total. The fourth-order valence-electron chi connectivity index (χ4n) is 2.36. The molecular formula is C14H20N2O3. The third-order valence-electron chi connectivity index (χ3n) is 3.49. The van der Waals surface area contributed by atoms with E-state index in [0.29, 0.717) is 11.8 Å². The van der Waals surface area contributed by atoms with Crippen LogP contribution in [0.3, 0.4) is 0 Å². The van der Waals surface area contributed by atoms with Crippen LogP contribution in [0, 0.1) is 0 Å². The van der Waals surface area contributed by atoms with Gasteiger partial charge in [-0.15, -0.1) is 0 Å². The molecule has 1 heterocycles. The van der Waals surface area contributed by atoms with Crippen LogP contribution in [0.5, 0.6) is 5.75 Å². The molecule has 0 atom stereocenters. The third kappa shape index (κ3) is 3.68. The Bertz CT molecular complexity index is 454. The molecule has 1 aliphatic heterocycles. The summed E-state index contributed by atoms with van der Waals surface area (Å²) >= 11 is 0. The highest BCUT2D eigenvalue weighted by Gasteiger charge is 2.17. The van der Waals surface area contributed by atoms with Gasteiger partial charge in [0.15, 0.2) is 0 Å². The average Bonchev–Trinajstić information content (AvgIpc) is 2.41. The second kappa shape index (κ2) is 6.04. The number of benzene rings is 1. The second-order valence-corrected chi connectivity index (χ2v) is 4.99. The first kappa shape index (κ1) is 13.8. The van der Waals surface area contributed by atoms with Gasteiger partial charge in [-0.3, -0.25) is 4.90 Å². The molecule has 0 bridgehead atoms. The van der Waals surface area contributed by atoms with E-state index in [4.69, 9.17) is 15.6 Å². The lowest BCUT2D eigenvalue weighted by Gasteiger charge is -2.30. The summed E-state index contributed by atoms with van der Waals surface area (Å²) in [5.41, 5.74) is 7.11. The number of rotatable bonds is 4. The highest BCUT2D eigenvalue weighted by molar-refractivity contribution is 5.88. The third-order valence-corrected chi connectivity index (χ3v) is 3.49. The van der Waals surface area contributed by atoms with Crippen molar-refractivity contribution in [3.05, 3.63) is 29.3 Å². The zero-order valence-corrected chi connectivity index (χ0v) is 11.1. The number of aromatic carboxylic acids is 1. The van der Waals surface area contributed by atoms with E-state index in [1.165, 1.54) is 6.07 Å². The highest BCUT2D eigenvalue weighted by atomic mass is 16.5. The number of nitrogens with zero attached hydrogens (tertiary/aromatic N) is 1. The van der Waals surface area contributed by atoms with Gasteiger partial charge in [0.25, 0.3) is 0 Å². The number of hydrogen-bond donors (Lipinski definition) is 2. The van der Waals surface area contributed by atoms with E-state index in [9.17, 15) is 4.79 Å². The van der Waals surface area contributed by atoms with Crippen LogP contribution >= 0.6 is 0 Å². The topological polar surface area (TPSA) is 75.8 Å². The van der Waals surface area contributed by atoms with E-state index >= 15 is 0 Å². The molecule has 0 amide bonds. The minimum Gasteiger partial charge on any atom is -0.497 e. The van der Waals surface area contributed by atoms with Crippen molar-refractivity contribution in [1.82, 2.24) is 4.90 Å². The van der Waals surface area contributed by atoms with E-state index in [2.05, 4.69) is 4.90 Å². The Morgan fingerprint density at radius 3 is 2.68 bits per heavy atom. The molecule has 1 saturated heterocycles. The van der Waals surface area contributed by atoms with E-state index in [-0.39, 0.29) is 5.56 Å². The molecule has 1 aromatic carbocycles. The summed E-state index contributed by atoms with van der Waals surface area (Å²) in [4.78, 5) is 13.4. The number of piperidine rings is 1. The van der Waals surface area contributed by atoms with Gasteiger partial charge in [0.2, 0.25) is 0 Å². The number of carboxylic acids is 1. The van der Waals surface area contributed by atoms with Gasteiger partial charge in [0, 0.05) is 12.6 Å². The molecule has 5 heteroatoms. The van der Waals surface area contributed by atoms with Crippen molar-refractivity contribution >= 4 is 5.97 Å². The fourth-order valence-corrected chi connectivity index (χ4v) is 2.36. The first-order valence-corrected chi connectivity index (χ1v) is 6.47. The van der Waals surface area contributed by atoms with Gasteiger partial charge in [-0.05, 0) is 49.7 Å². The standard InChI is InChI=1S/C14H20N2O3/c1-19-13-7-10(6-11(8-13)14(17)18)9-16-4-2-12(15)3-5-16/h6-8,12H,2-5,9,15H2,1H3,(H,17,18). The summed E-state index contributed by atoms with van der Waals surface area (Å²) in [6.07, 6.45) is 1.99. The number of methoxy groups -OCH3 is 1. The van der Waals surface area contributed by atoms with E-state index in [1.54, 1.807) is 13.2 Å². The lowest BCUT2D eigenvalue weighted by Crippen LogP contribution is -2.39. The van der Waals surface area contributed by atoms with Gasteiger partial charge >= 0.3 is 5.97 Å². The van der Waals surface area contributed by atoms with Crippen LogP contribution in [0.1, 0.15) is 28.8 Å². The van der Waals surface area contributed by atoms with Crippen LogP contribution in [0.15, 0.2) is 18.2 Å². The molecule has 1 aliphatic rings. The quantitative estimate of drug-likeness (QED) is 0.857. The Morgan fingerprint density at radius 2 is 2.11 bits per heavy atom. The van der Waals surface area contributed by atoms with E-state index < -0.39 is 5.97 Å². The largest absolute Gasteiger partial charge is 0.497 e. The van der Waals surface area contributed by atoms with Crippen molar-refractivity contribution in [3.8, 4) is 5.75 Å². The maximum Gasteiger partial charge on any atom is 0.335 e. The number of carboxylic acid groups (broad SMARTS) is 1. The Labute approximate surface area is 113 Å². The van der Waals surface area contributed by atoms with Crippen molar-refractivity contribution in [2.24, 2.45) is 5.73 Å². The Balaban J connectivity index is 2.10. The van der Waals surface area contributed by atoms with Crippen LogP contribution in [-0.4, -0.2) is 42.2 Å². The minimum atomic E-state index is -0.930. The van der Waals surface area contributed by atoms with Gasteiger partial charge in [0.05, 0.1) is 12.7 Å². The van der Waals surface area contributed by atoms with Crippen LogP contribution in [-0.2, 0) is 6.54 Å². The molecule has 0 radical (unpaired) electrons. The number of carbonyl (C=O) groups is 1. The Morgan fingerprint density at radius 1 is 1.42 bits per heavy atom. The van der Waals surface area contributed by atoms with Crippen LogP contribution in [0.4, 0.5) is 0 Å². The minimum absolute atomic E-state index is 0.267. The number of likely N-dealkylation sites (tertiary alicyclic amines) is 1. The van der Waals surface area contributed by atoms with Gasteiger partial charge < -0.3 is 15.6 Å². The van der Waals surface area contributed by atoms with Crippen LogP contribution in [0.25, 0.3) is 0 Å². The number of hydrogen-bond acceptors (Lipinski definition) is 4. The fraction of sp³-hybridized carbons (Fsp3) is 0.500. The smallest absolute Gasteiger partial charge is 0.335 e. The van der Waals surface area contributed by atoms with Gasteiger partial charge in [-0.1, -0.05) is 0 Å². The molecule has 0 aromatic heterocycles. The summed E-state index contributed by atoms with van der Waals surface area (Å²) in [5.74, 6) is -0.343. The summed E-state index contributed by atoms with van der Waals surface area (Å²) < 4.78 is 5.15. The predicted molar refractivity (Wildman–Crippen MR) is 72.4 cm³/mol. The first-order chi connectivity index (χ1) is 9.08. The van der Waals surface area contributed by atoms with E-state index in [0.717, 1.165) is 38.0 Å². The van der Waals surface area contributed by atoms with Gasteiger partial charge in [-0.2, -0.15) is 0 Å². The summed E-state index contributed by atoms with van der Waals surface area (Å²) in [7, 11) is 1.55. The molecular weight excluding hydrogens is 244 g/mol. The zero-order chi connectivity index (χ0) is 13.8. The SMILES string of the molecule is COc1cc(CN2CCC(N)CC2)cc(C(=O)O)c1. The van der Waals surface area contributed by atoms with Crippen molar-refractivity contribution in [1.29, 1.82) is 0 Å². The molecule has 0 unspecified atom stereocenters. The van der Waals surface area contributed by atoms with Crippen molar-refractivity contribution in [2.75, 3.05) is 20.2 Å². The summed E-state index contributed by atoms with van der Waals surface area (Å²) in [6, 6.07) is 5.44. The molecule has 0 spiro atoms. The molecule has 0 saturated carbocycles. The molecule has 19 heavy (non-hydrogen) atoms. The molecule has 0 aliphatic carbocycles. The second-order valence-electron chi connectivity index (χ2n) is 4.99. The molecule has 104 valence electrons. The lowest BCUT2D eigenvalue weighted by atomic mass is 10.0. The highest BCUT2D eigenvalue weighted by Crippen LogP contribution is 2.20. The monoisotopic (exact) mass is 264 g/mol. The molecule has 1 aromatic rings. The first-order valence-electron chi connectivity index (χ1n) is 6.47. The average molecular weight is 264 g/mol. The molecule has 3 N–H and O–H groups in total. The number of ether oxygens (including phenoxy) is 1. The zero-order valence-electron chi connectivity index (χ0n) is 11.1. The number of nitrogens with two attached hydrogens (primary N) is 1. The maximum absolute atomic E-state index is 11.1. The van der Waals surface area contributed by atoms with Crippen molar-refractivity contribution < 1.29 is 14.6 Å².